The minimum absolute atomic E-state index is 0.298. The van der Waals surface area contributed by atoms with Gasteiger partial charge in [0.05, 0.1) is 20.4 Å². The van der Waals surface area contributed by atoms with Gasteiger partial charge in [-0.1, -0.05) is 24.3 Å². The standard InChI is InChI=1S/C25H22N2O5/c1-30-22-14-10-18(16-23(22)31-2)11-15-24(28)32-21-12-8-19(9-13-21)17-26-27-25(29)20-6-4-3-5-7-20/h3-17H,1-2H3,(H,27,29)/b15-11+,26-17-. The van der Waals surface area contributed by atoms with Crippen LogP contribution in [0.15, 0.2) is 84.0 Å². The highest BCUT2D eigenvalue weighted by atomic mass is 16.5. The van der Waals surface area contributed by atoms with E-state index in [1.54, 1.807) is 87.0 Å². The van der Waals surface area contributed by atoms with Crippen molar-refractivity contribution in [3.8, 4) is 17.2 Å². The summed E-state index contributed by atoms with van der Waals surface area (Å²) in [5.41, 5.74) is 4.48. The highest BCUT2D eigenvalue weighted by molar-refractivity contribution is 5.94. The molecule has 0 heterocycles. The summed E-state index contributed by atoms with van der Waals surface area (Å²) in [5.74, 6) is 0.748. The first-order chi connectivity index (χ1) is 15.6. The Kier molecular flexibility index (Phi) is 7.75. The van der Waals surface area contributed by atoms with Crippen LogP contribution in [-0.4, -0.2) is 32.3 Å². The lowest BCUT2D eigenvalue weighted by Crippen LogP contribution is -2.17. The van der Waals surface area contributed by atoms with Crippen molar-refractivity contribution in [3.63, 3.8) is 0 Å². The van der Waals surface area contributed by atoms with Crippen molar-refractivity contribution in [1.82, 2.24) is 5.43 Å². The predicted octanol–water partition coefficient (Wildman–Crippen LogP) is 4.09. The van der Waals surface area contributed by atoms with Gasteiger partial charge in [0, 0.05) is 11.6 Å². The molecule has 7 nitrogen and oxygen atoms in total. The molecular formula is C25H22N2O5. The first-order valence-corrected chi connectivity index (χ1v) is 9.69. The van der Waals surface area contributed by atoms with Crippen LogP contribution >= 0.6 is 0 Å². The molecule has 7 heteroatoms. The second kappa shape index (κ2) is 11.1. The summed E-state index contributed by atoms with van der Waals surface area (Å²) >= 11 is 0. The second-order valence-corrected chi connectivity index (χ2v) is 6.50. The number of esters is 1. The van der Waals surface area contributed by atoms with Crippen molar-refractivity contribution in [2.45, 2.75) is 0 Å². The number of hydrogen-bond donors (Lipinski definition) is 1. The van der Waals surface area contributed by atoms with E-state index < -0.39 is 5.97 Å². The molecular weight excluding hydrogens is 408 g/mol. The molecule has 3 aromatic rings. The molecule has 0 aliphatic rings. The summed E-state index contributed by atoms with van der Waals surface area (Å²) in [6.07, 6.45) is 4.46. The number of carbonyl (C=O) groups excluding carboxylic acids is 2. The van der Waals surface area contributed by atoms with Crippen molar-refractivity contribution >= 4 is 24.2 Å². The van der Waals surface area contributed by atoms with E-state index in [1.807, 2.05) is 6.07 Å². The summed E-state index contributed by atoms with van der Waals surface area (Å²) in [7, 11) is 3.10. The number of rotatable bonds is 8. The molecule has 0 saturated carbocycles. The summed E-state index contributed by atoms with van der Waals surface area (Å²) in [6.45, 7) is 0. The number of carbonyl (C=O) groups is 2. The quantitative estimate of drug-likeness (QED) is 0.191. The molecule has 0 fully saturated rings. The molecule has 0 aliphatic carbocycles. The Bertz CT molecular complexity index is 1120. The van der Waals surface area contributed by atoms with Crippen LogP contribution in [0.3, 0.4) is 0 Å². The fraction of sp³-hybridized carbons (Fsp3) is 0.0800. The van der Waals surface area contributed by atoms with Crippen LogP contribution in [0.25, 0.3) is 6.08 Å². The average molecular weight is 430 g/mol. The molecule has 1 amide bonds. The maximum atomic E-state index is 12.1. The SMILES string of the molecule is COc1ccc(/C=C/C(=O)Oc2ccc(/C=N\NC(=O)c3ccccc3)cc2)cc1OC. The smallest absolute Gasteiger partial charge is 0.336 e. The van der Waals surface area contributed by atoms with Gasteiger partial charge in [0.25, 0.3) is 5.91 Å². The number of nitrogens with zero attached hydrogens (tertiary/aromatic N) is 1. The second-order valence-electron chi connectivity index (χ2n) is 6.50. The monoisotopic (exact) mass is 430 g/mol. The van der Waals surface area contributed by atoms with Crippen molar-refractivity contribution in [2.24, 2.45) is 5.10 Å². The van der Waals surface area contributed by atoms with Crippen LogP contribution in [0.4, 0.5) is 0 Å². The summed E-state index contributed by atoms with van der Waals surface area (Å²) in [5, 5.41) is 3.94. The summed E-state index contributed by atoms with van der Waals surface area (Å²) in [6, 6.07) is 20.8. The highest BCUT2D eigenvalue weighted by Gasteiger charge is 2.05. The van der Waals surface area contributed by atoms with Crippen molar-refractivity contribution in [1.29, 1.82) is 0 Å². The van der Waals surface area contributed by atoms with Crippen LogP contribution in [0.1, 0.15) is 21.5 Å². The minimum atomic E-state index is -0.517. The Morgan fingerprint density at radius 3 is 2.22 bits per heavy atom. The summed E-state index contributed by atoms with van der Waals surface area (Å²) in [4.78, 5) is 24.0. The summed E-state index contributed by atoms with van der Waals surface area (Å²) < 4.78 is 15.7. The Morgan fingerprint density at radius 2 is 1.53 bits per heavy atom. The lowest BCUT2D eigenvalue weighted by Gasteiger charge is -2.07. The van der Waals surface area contributed by atoms with Gasteiger partial charge in [0.1, 0.15) is 5.75 Å². The maximum Gasteiger partial charge on any atom is 0.336 e. The van der Waals surface area contributed by atoms with Crippen molar-refractivity contribution in [2.75, 3.05) is 14.2 Å². The van der Waals surface area contributed by atoms with E-state index >= 15 is 0 Å². The molecule has 0 saturated heterocycles. The Morgan fingerprint density at radius 1 is 0.844 bits per heavy atom. The average Bonchev–Trinajstić information content (AvgIpc) is 2.84. The van der Waals surface area contributed by atoms with E-state index in [0.717, 1.165) is 11.1 Å². The van der Waals surface area contributed by atoms with Crippen molar-refractivity contribution < 1.29 is 23.8 Å². The lowest BCUT2D eigenvalue weighted by atomic mass is 10.2. The van der Waals surface area contributed by atoms with E-state index in [9.17, 15) is 9.59 Å². The number of amides is 1. The molecule has 0 aromatic heterocycles. The molecule has 162 valence electrons. The normalized spacial score (nSPS) is 10.8. The molecule has 1 N–H and O–H groups in total. The third-order valence-electron chi connectivity index (χ3n) is 4.33. The highest BCUT2D eigenvalue weighted by Crippen LogP contribution is 2.28. The van der Waals surface area contributed by atoms with Crippen LogP contribution < -0.4 is 19.6 Å². The first-order valence-electron chi connectivity index (χ1n) is 9.69. The van der Waals surface area contributed by atoms with Gasteiger partial charge in [0.2, 0.25) is 0 Å². The fourth-order valence-corrected chi connectivity index (χ4v) is 2.71. The number of hydrogen-bond acceptors (Lipinski definition) is 6. The van der Waals surface area contributed by atoms with E-state index in [2.05, 4.69) is 10.5 Å². The van der Waals surface area contributed by atoms with Crippen LogP contribution in [0, 0.1) is 0 Å². The zero-order valence-corrected chi connectivity index (χ0v) is 17.6. The zero-order valence-electron chi connectivity index (χ0n) is 17.6. The first kappa shape index (κ1) is 22.3. The van der Waals surface area contributed by atoms with Crippen molar-refractivity contribution in [3.05, 3.63) is 95.6 Å². The van der Waals surface area contributed by atoms with Gasteiger partial charge in [-0.3, -0.25) is 4.79 Å². The van der Waals surface area contributed by atoms with Crippen LogP contribution in [-0.2, 0) is 4.79 Å². The number of ether oxygens (including phenoxy) is 3. The van der Waals surface area contributed by atoms with E-state index in [1.165, 1.54) is 12.3 Å². The van der Waals surface area contributed by atoms with E-state index in [-0.39, 0.29) is 5.91 Å². The molecule has 0 atom stereocenters. The molecule has 0 bridgehead atoms. The predicted molar refractivity (Wildman–Crippen MR) is 122 cm³/mol. The maximum absolute atomic E-state index is 12.1. The Balaban J connectivity index is 1.53. The molecule has 0 radical (unpaired) electrons. The number of hydrazone groups is 1. The van der Waals surface area contributed by atoms with Gasteiger partial charge in [-0.2, -0.15) is 5.10 Å². The minimum Gasteiger partial charge on any atom is -0.493 e. The third-order valence-corrected chi connectivity index (χ3v) is 4.33. The Labute approximate surface area is 185 Å². The van der Waals surface area contributed by atoms with E-state index in [0.29, 0.717) is 22.8 Å². The van der Waals surface area contributed by atoms with E-state index in [4.69, 9.17) is 14.2 Å². The molecule has 0 spiro atoms. The fourth-order valence-electron chi connectivity index (χ4n) is 2.71. The van der Waals surface area contributed by atoms with Gasteiger partial charge < -0.3 is 14.2 Å². The molecule has 0 unspecified atom stereocenters. The number of benzene rings is 3. The molecule has 3 aromatic carbocycles. The lowest BCUT2D eigenvalue weighted by molar-refractivity contribution is -0.128. The van der Waals surface area contributed by atoms with Gasteiger partial charge in [-0.15, -0.1) is 0 Å². The largest absolute Gasteiger partial charge is 0.493 e. The number of methoxy groups -OCH3 is 2. The Hall–Kier alpha value is -4.39. The third kappa shape index (κ3) is 6.30. The molecule has 3 rings (SSSR count). The van der Waals surface area contributed by atoms with Gasteiger partial charge in [0.15, 0.2) is 11.5 Å². The van der Waals surface area contributed by atoms with Crippen LogP contribution in [0.5, 0.6) is 17.2 Å². The molecule has 0 aliphatic heterocycles. The molecule has 32 heavy (non-hydrogen) atoms. The van der Waals surface area contributed by atoms with Gasteiger partial charge >= 0.3 is 5.97 Å². The number of nitrogens with one attached hydrogen (secondary N) is 1. The zero-order chi connectivity index (χ0) is 22.8. The van der Waals surface area contributed by atoms with Crippen LogP contribution in [0.2, 0.25) is 0 Å². The van der Waals surface area contributed by atoms with Gasteiger partial charge in [-0.25, -0.2) is 10.2 Å². The topological polar surface area (TPSA) is 86.2 Å². The van der Waals surface area contributed by atoms with Gasteiger partial charge in [-0.05, 0) is 65.7 Å².